The quantitative estimate of drug-likeness (QED) is 0.674. The summed E-state index contributed by atoms with van der Waals surface area (Å²) in [4.78, 5) is 41.1. The molecular weight excluding hydrogens is 368 g/mol. The van der Waals surface area contributed by atoms with Gasteiger partial charge in [-0.15, -0.1) is 0 Å². The van der Waals surface area contributed by atoms with Crippen molar-refractivity contribution in [3.05, 3.63) is 69.8 Å². The summed E-state index contributed by atoms with van der Waals surface area (Å²) < 4.78 is 1.41. The van der Waals surface area contributed by atoms with E-state index in [9.17, 15) is 14.4 Å². The molecule has 150 valence electrons. The molecule has 0 radical (unpaired) electrons. The molecule has 0 spiro atoms. The van der Waals surface area contributed by atoms with Crippen molar-refractivity contribution < 1.29 is 9.59 Å². The molecule has 0 saturated heterocycles. The number of nitrogens with one attached hydrogen (secondary N) is 2. The lowest BCUT2D eigenvalue weighted by Crippen LogP contribution is -2.34. The topological polar surface area (TPSA) is 93.1 Å². The molecule has 7 heteroatoms. The normalized spacial score (nSPS) is 10.7. The third kappa shape index (κ3) is 4.68. The first kappa shape index (κ1) is 20.3. The SMILES string of the molecule is Cc1cccc(C)c1NC(=O)CNC(=O)CCn1cnc2c(C)cccc2c1=O. The lowest BCUT2D eigenvalue weighted by Gasteiger charge is -2.12. The summed E-state index contributed by atoms with van der Waals surface area (Å²) in [5, 5.41) is 5.94. The van der Waals surface area contributed by atoms with Crippen LogP contribution < -0.4 is 16.2 Å². The first-order valence-electron chi connectivity index (χ1n) is 9.44. The zero-order valence-electron chi connectivity index (χ0n) is 16.8. The Kier molecular flexibility index (Phi) is 6.07. The summed E-state index contributed by atoms with van der Waals surface area (Å²) in [6, 6.07) is 11.2. The molecule has 2 N–H and O–H groups in total. The molecule has 3 rings (SSSR count). The van der Waals surface area contributed by atoms with E-state index in [1.54, 1.807) is 6.07 Å². The second-order valence-corrected chi connectivity index (χ2v) is 7.06. The van der Waals surface area contributed by atoms with Gasteiger partial charge in [0.05, 0.1) is 23.8 Å². The van der Waals surface area contributed by atoms with Gasteiger partial charge in [-0.2, -0.15) is 0 Å². The number of benzene rings is 2. The average Bonchev–Trinajstić information content (AvgIpc) is 2.69. The van der Waals surface area contributed by atoms with Crippen molar-refractivity contribution in [2.75, 3.05) is 11.9 Å². The summed E-state index contributed by atoms with van der Waals surface area (Å²) in [5.74, 6) is -0.603. The highest BCUT2D eigenvalue weighted by Gasteiger charge is 2.11. The van der Waals surface area contributed by atoms with E-state index in [4.69, 9.17) is 0 Å². The third-order valence-corrected chi connectivity index (χ3v) is 4.83. The minimum absolute atomic E-state index is 0.0789. The van der Waals surface area contributed by atoms with Crippen LogP contribution >= 0.6 is 0 Å². The van der Waals surface area contributed by atoms with Crippen LogP contribution in [-0.2, 0) is 16.1 Å². The maximum atomic E-state index is 12.6. The van der Waals surface area contributed by atoms with E-state index in [0.29, 0.717) is 10.9 Å². The third-order valence-electron chi connectivity index (χ3n) is 4.83. The van der Waals surface area contributed by atoms with Crippen molar-refractivity contribution >= 4 is 28.4 Å². The van der Waals surface area contributed by atoms with Crippen molar-refractivity contribution in [3.63, 3.8) is 0 Å². The number of hydrogen-bond donors (Lipinski definition) is 2. The molecular formula is C22H24N4O3. The number of rotatable bonds is 6. The number of amides is 2. The molecule has 0 bridgehead atoms. The first-order valence-corrected chi connectivity index (χ1v) is 9.44. The second kappa shape index (κ2) is 8.68. The molecule has 0 unspecified atom stereocenters. The van der Waals surface area contributed by atoms with Crippen LogP contribution in [0.2, 0.25) is 0 Å². The van der Waals surface area contributed by atoms with E-state index in [1.807, 2.05) is 51.1 Å². The van der Waals surface area contributed by atoms with Gasteiger partial charge >= 0.3 is 0 Å². The Morgan fingerprint density at radius 2 is 1.62 bits per heavy atom. The number of hydrogen-bond acceptors (Lipinski definition) is 4. The molecule has 1 aromatic heterocycles. The fraction of sp³-hybridized carbons (Fsp3) is 0.273. The Morgan fingerprint density at radius 3 is 2.34 bits per heavy atom. The zero-order chi connectivity index (χ0) is 21.0. The first-order chi connectivity index (χ1) is 13.9. The molecule has 0 saturated carbocycles. The van der Waals surface area contributed by atoms with Gasteiger partial charge in [0.1, 0.15) is 0 Å². The lowest BCUT2D eigenvalue weighted by atomic mass is 10.1. The Labute approximate surface area is 168 Å². The van der Waals surface area contributed by atoms with Gasteiger partial charge in [0.2, 0.25) is 11.8 Å². The predicted octanol–water partition coefficient (Wildman–Crippen LogP) is 2.47. The molecule has 0 fully saturated rings. The van der Waals surface area contributed by atoms with Crippen molar-refractivity contribution in [1.82, 2.24) is 14.9 Å². The highest BCUT2D eigenvalue weighted by molar-refractivity contribution is 5.95. The van der Waals surface area contributed by atoms with E-state index in [1.165, 1.54) is 10.9 Å². The standard InChI is InChI=1S/C22H24N4O3/c1-14-6-4-7-15(2)20(14)25-19(28)12-23-18(27)10-11-26-13-24-21-16(3)8-5-9-17(21)22(26)29/h4-9,13H,10-12H2,1-3H3,(H,23,27)(H,25,28). The Balaban J connectivity index is 1.55. The maximum Gasteiger partial charge on any atom is 0.261 e. The number of para-hydroxylation sites is 2. The van der Waals surface area contributed by atoms with Crippen LogP contribution in [0.1, 0.15) is 23.1 Å². The minimum Gasteiger partial charge on any atom is -0.347 e. The maximum absolute atomic E-state index is 12.6. The summed E-state index contributed by atoms with van der Waals surface area (Å²) >= 11 is 0. The van der Waals surface area contributed by atoms with E-state index in [-0.39, 0.29) is 36.9 Å². The predicted molar refractivity (Wildman–Crippen MR) is 113 cm³/mol. The van der Waals surface area contributed by atoms with Gasteiger partial charge in [-0.05, 0) is 43.5 Å². The number of nitrogens with zero attached hydrogens (tertiary/aromatic N) is 2. The number of anilines is 1. The molecule has 2 aromatic carbocycles. The fourth-order valence-corrected chi connectivity index (χ4v) is 3.18. The minimum atomic E-state index is -0.308. The monoisotopic (exact) mass is 392 g/mol. The van der Waals surface area contributed by atoms with Crippen molar-refractivity contribution in [2.24, 2.45) is 0 Å². The smallest absolute Gasteiger partial charge is 0.261 e. The molecule has 0 aliphatic rings. The van der Waals surface area contributed by atoms with E-state index < -0.39 is 0 Å². The van der Waals surface area contributed by atoms with Crippen LogP contribution in [0.15, 0.2) is 47.5 Å². The van der Waals surface area contributed by atoms with Crippen LogP contribution in [0.25, 0.3) is 10.9 Å². The van der Waals surface area contributed by atoms with E-state index in [0.717, 1.165) is 22.4 Å². The number of aryl methyl sites for hydroxylation is 4. The lowest BCUT2D eigenvalue weighted by molar-refractivity contribution is -0.124. The molecule has 0 atom stereocenters. The summed E-state index contributed by atoms with van der Waals surface area (Å²) in [6.07, 6.45) is 1.54. The molecule has 7 nitrogen and oxygen atoms in total. The van der Waals surface area contributed by atoms with Gasteiger partial charge in [-0.1, -0.05) is 30.3 Å². The Morgan fingerprint density at radius 1 is 0.966 bits per heavy atom. The second-order valence-electron chi connectivity index (χ2n) is 7.06. The van der Waals surface area contributed by atoms with Gasteiger partial charge in [-0.25, -0.2) is 4.98 Å². The van der Waals surface area contributed by atoms with Crippen LogP contribution in [-0.4, -0.2) is 27.9 Å². The van der Waals surface area contributed by atoms with Gasteiger partial charge in [-0.3, -0.25) is 19.0 Å². The van der Waals surface area contributed by atoms with E-state index >= 15 is 0 Å². The average molecular weight is 392 g/mol. The van der Waals surface area contributed by atoms with Crippen molar-refractivity contribution in [2.45, 2.75) is 33.7 Å². The fourth-order valence-electron chi connectivity index (χ4n) is 3.18. The van der Waals surface area contributed by atoms with Gasteiger partial charge in [0, 0.05) is 18.7 Å². The zero-order valence-corrected chi connectivity index (χ0v) is 16.8. The molecule has 3 aromatic rings. The van der Waals surface area contributed by atoms with Crippen LogP contribution in [0.4, 0.5) is 5.69 Å². The number of aromatic nitrogens is 2. The van der Waals surface area contributed by atoms with E-state index in [2.05, 4.69) is 15.6 Å². The van der Waals surface area contributed by atoms with Crippen molar-refractivity contribution in [1.29, 1.82) is 0 Å². The molecule has 29 heavy (non-hydrogen) atoms. The highest BCUT2D eigenvalue weighted by atomic mass is 16.2. The van der Waals surface area contributed by atoms with Crippen LogP contribution in [0.3, 0.4) is 0 Å². The van der Waals surface area contributed by atoms with Gasteiger partial charge in [0.15, 0.2) is 0 Å². The number of fused-ring (bicyclic) bond motifs is 1. The molecule has 0 aliphatic heterocycles. The number of carbonyl (C=O) groups is 2. The van der Waals surface area contributed by atoms with Gasteiger partial charge < -0.3 is 10.6 Å². The Hall–Kier alpha value is -3.48. The summed E-state index contributed by atoms with van der Waals surface area (Å²) in [5.41, 5.74) is 4.10. The van der Waals surface area contributed by atoms with Crippen molar-refractivity contribution in [3.8, 4) is 0 Å². The van der Waals surface area contributed by atoms with Crippen LogP contribution in [0, 0.1) is 20.8 Å². The van der Waals surface area contributed by atoms with Crippen LogP contribution in [0.5, 0.6) is 0 Å². The Bertz CT molecular complexity index is 1110. The summed E-state index contributed by atoms with van der Waals surface area (Å²) in [6.45, 7) is 5.79. The largest absolute Gasteiger partial charge is 0.347 e. The molecule has 2 amide bonds. The highest BCUT2D eigenvalue weighted by Crippen LogP contribution is 2.19. The molecule has 1 heterocycles. The molecule has 0 aliphatic carbocycles. The number of carbonyl (C=O) groups excluding carboxylic acids is 2. The van der Waals surface area contributed by atoms with Gasteiger partial charge in [0.25, 0.3) is 5.56 Å². The summed E-state index contributed by atoms with van der Waals surface area (Å²) in [7, 11) is 0.